The van der Waals surface area contributed by atoms with Crippen molar-refractivity contribution in [3.05, 3.63) is 35.4 Å². The molecule has 0 spiro atoms. The van der Waals surface area contributed by atoms with E-state index in [4.69, 9.17) is 18.0 Å². The standard InChI is InChI=1S/C15H18N2OS/c16-12(19)7-8-17-15(18)14-11-6-5-9-3-1-2-4-10(9)13(11)14/h1-4,11,13-14H,5-8H2,(H2,16,19)(H,17,18). The van der Waals surface area contributed by atoms with Crippen molar-refractivity contribution in [1.29, 1.82) is 0 Å². The number of thiocarbonyl (C=S) groups is 1. The first-order valence-electron chi connectivity index (χ1n) is 6.82. The fraction of sp³-hybridized carbons (Fsp3) is 0.467. The highest BCUT2D eigenvalue weighted by Gasteiger charge is 2.56. The number of hydrogen-bond acceptors (Lipinski definition) is 2. The molecule has 0 saturated heterocycles. The van der Waals surface area contributed by atoms with Crippen LogP contribution in [0, 0.1) is 11.8 Å². The van der Waals surface area contributed by atoms with Crippen molar-refractivity contribution in [2.45, 2.75) is 25.2 Å². The smallest absolute Gasteiger partial charge is 0.224 e. The Labute approximate surface area is 118 Å². The minimum Gasteiger partial charge on any atom is -0.393 e. The van der Waals surface area contributed by atoms with E-state index in [2.05, 4.69) is 29.6 Å². The first-order chi connectivity index (χ1) is 9.18. The molecule has 0 heterocycles. The molecule has 0 aliphatic heterocycles. The highest BCUT2D eigenvalue weighted by atomic mass is 32.1. The SMILES string of the molecule is NC(=S)CCNC(=O)C1C2CCc3ccccc3C21. The molecule has 2 aliphatic carbocycles. The van der Waals surface area contributed by atoms with Crippen LogP contribution in [0.5, 0.6) is 0 Å². The highest BCUT2D eigenvalue weighted by Crippen LogP contribution is 2.59. The van der Waals surface area contributed by atoms with Crippen molar-refractivity contribution < 1.29 is 4.79 Å². The minimum atomic E-state index is 0.162. The number of nitrogens with one attached hydrogen (secondary N) is 1. The summed E-state index contributed by atoms with van der Waals surface area (Å²) in [6, 6.07) is 8.51. The molecule has 1 saturated carbocycles. The van der Waals surface area contributed by atoms with Gasteiger partial charge in [-0.2, -0.15) is 0 Å². The fourth-order valence-electron chi connectivity index (χ4n) is 3.35. The monoisotopic (exact) mass is 274 g/mol. The Morgan fingerprint density at radius 3 is 3.00 bits per heavy atom. The number of rotatable bonds is 4. The molecular weight excluding hydrogens is 256 g/mol. The molecule has 100 valence electrons. The number of carbonyl (C=O) groups is 1. The Bertz CT molecular complexity index is 529. The van der Waals surface area contributed by atoms with Crippen LogP contribution in [0.4, 0.5) is 0 Å². The zero-order valence-corrected chi connectivity index (χ0v) is 11.6. The number of hydrogen-bond donors (Lipinski definition) is 2. The van der Waals surface area contributed by atoms with Crippen LogP contribution in [0.3, 0.4) is 0 Å². The average Bonchev–Trinajstić information content (AvgIpc) is 3.13. The summed E-state index contributed by atoms with van der Waals surface area (Å²) in [5, 5.41) is 2.96. The van der Waals surface area contributed by atoms with Crippen LogP contribution in [0.15, 0.2) is 24.3 Å². The molecule has 0 aromatic heterocycles. The number of fused-ring (bicyclic) bond motifs is 3. The predicted octanol–water partition coefficient (Wildman–Crippen LogP) is 1.75. The number of aryl methyl sites for hydroxylation is 1. The lowest BCUT2D eigenvalue weighted by atomic mass is 9.92. The largest absolute Gasteiger partial charge is 0.393 e. The molecule has 0 bridgehead atoms. The first kappa shape index (κ1) is 12.6. The normalized spacial score (nSPS) is 27.1. The molecule has 3 atom stereocenters. The van der Waals surface area contributed by atoms with Gasteiger partial charge in [0, 0.05) is 18.9 Å². The molecule has 1 aromatic rings. The van der Waals surface area contributed by atoms with E-state index in [1.54, 1.807) is 0 Å². The van der Waals surface area contributed by atoms with Crippen molar-refractivity contribution in [2.24, 2.45) is 17.6 Å². The molecule has 1 aromatic carbocycles. The van der Waals surface area contributed by atoms with Crippen molar-refractivity contribution in [1.82, 2.24) is 5.32 Å². The van der Waals surface area contributed by atoms with Crippen molar-refractivity contribution in [2.75, 3.05) is 6.54 Å². The van der Waals surface area contributed by atoms with Gasteiger partial charge in [-0.25, -0.2) is 0 Å². The quantitative estimate of drug-likeness (QED) is 0.823. The maximum atomic E-state index is 12.2. The third kappa shape index (κ3) is 2.37. The molecule has 4 heteroatoms. The topological polar surface area (TPSA) is 55.1 Å². The van der Waals surface area contributed by atoms with E-state index in [1.807, 2.05) is 0 Å². The number of benzene rings is 1. The predicted molar refractivity (Wildman–Crippen MR) is 78.9 cm³/mol. The van der Waals surface area contributed by atoms with Crippen LogP contribution >= 0.6 is 12.2 Å². The van der Waals surface area contributed by atoms with Gasteiger partial charge in [0.05, 0.1) is 4.99 Å². The van der Waals surface area contributed by atoms with Crippen LogP contribution in [0.25, 0.3) is 0 Å². The molecule has 1 fully saturated rings. The van der Waals surface area contributed by atoms with Gasteiger partial charge in [0.25, 0.3) is 0 Å². The van der Waals surface area contributed by atoms with E-state index in [1.165, 1.54) is 11.1 Å². The Hall–Kier alpha value is -1.42. The second-order valence-corrected chi connectivity index (χ2v) is 5.98. The Morgan fingerprint density at radius 1 is 1.42 bits per heavy atom. The third-order valence-electron chi connectivity index (χ3n) is 4.30. The molecule has 1 amide bonds. The molecule has 3 N–H and O–H groups in total. The summed E-state index contributed by atoms with van der Waals surface area (Å²) >= 11 is 4.81. The van der Waals surface area contributed by atoms with Crippen LogP contribution in [0.1, 0.15) is 29.9 Å². The van der Waals surface area contributed by atoms with Gasteiger partial charge in [-0.3, -0.25) is 4.79 Å². The lowest BCUT2D eigenvalue weighted by molar-refractivity contribution is -0.122. The van der Waals surface area contributed by atoms with Gasteiger partial charge in [-0.1, -0.05) is 36.5 Å². The maximum absolute atomic E-state index is 12.2. The van der Waals surface area contributed by atoms with Crippen molar-refractivity contribution in [3.8, 4) is 0 Å². The second kappa shape index (κ2) is 4.93. The summed E-state index contributed by atoms with van der Waals surface area (Å²) in [5.74, 6) is 1.31. The number of carbonyl (C=O) groups excluding carboxylic acids is 1. The second-order valence-electron chi connectivity index (χ2n) is 5.46. The molecule has 3 unspecified atom stereocenters. The molecular formula is C15H18N2OS. The summed E-state index contributed by atoms with van der Waals surface area (Å²) in [4.78, 5) is 12.6. The van der Waals surface area contributed by atoms with Crippen LogP contribution in [-0.2, 0) is 11.2 Å². The zero-order chi connectivity index (χ0) is 13.4. The summed E-state index contributed by atoms with van der Waals surface area (Å²) in [5.41, 5.74) is 8.23. The lowest BCUT2D eigenvalue weighted by Gasteiger charge is -2.13. The minimum absolute atomic E-state index is 0.162. The first-order valence-corrected chi connectivity index (χ1v) is 7.23. The fourth-order valence-corrected chi connectivity index (χ4v) is 3.45. The third-order valence-corrected chi connectivity index (χ3v) is 4.51. The van der Waals surface area contributed by atoms with Gasteiger partial charge in [0.1, 0.15) is 0 Å². The van der Waals surface area contributed by atoms with Crippen molar-refractivity contribution in [3.63, 3.8) is 0 Å². The molecule has 2 aliphatic rings. The van der Waals surface area contributed by atoms with Crippen LogP contribution < -0.4 is 11.1 Å². The van der Waals surface area contributed by atoms with E-state index in [-0.39, 0.29) is 11.8 Å². The number of amides is 1. The Kier molecular flexibility index (Phi) is 3.27. The maximum Gasteiger partial charge on any atom is 0.224 e. The Morgan fingerprint density at radius 2 is 2.21 bits per heavy atom. The van der Waals surface area contributed by atoms with Gasteiger partial charge in [-0.05, 0) is 35.8 Å². The van der Waals surface area contributed by atoms with Crippen LogP contribution in [0.2, 0.25) is 0 Å². The van der Waals surface area contributed by atoms with Gasteiger partial charge >= 0.3 is 0 Å². The molecule has 3 nitrogen and oxygen atoms in total. The summed E-state index contributed by atoms with van der Waals surface area (Å²) in [6.07, 6.45) is 2.82. The lowest BCUT2D eigenvalue weighted by Crippen LogP contribution is -2.29. The van der Waals surface area contributed by atoms with Crippen LogP contribution in [-0.4, -0.2) is 17.4 Å². The van der Waals surface area contributed by atoms with E-state index >= 15 is 0 Å². The van der Waals surface area contributed by atoms with Gasteiger partial charge in [0.2, 0.25) is 5.91 Å². The molecule has 3 rings (SSSR count). The summed E-state index contributed by atoms with van der Waals surface area (Å²) in [7, 11) is 0. The highest BCUT2D eigenvalue weighted by molar-refractivity contribution is 7.80. The van der Waals surface area contributed by atoms with E-state index < -0.39 is 0 Å². The summed E-state index contributed by atoms with van der Waals surface area (Å²) in [6.45, 7) is 0.561. The summed E-state index contributed by atoms with van der Waals surface area (Å²) < 4.78 is 0. The molecule has 0 radical (unpaired) electrons. The van der Waals surface area contributed by atoms with Crippen molar-refractivity contribution >= 4 is 23.1 Å². The Balaban J connectivity index is 1.64. The number of nitrogens with two attached hydrogens (primary N) is 1. The zero-order valence-electron chi connectivity index (χ0n) is 10.8. The van der Waals surface area contributed by atoms with E-state index in [0.29, 0.717) is 29.8 Å². The average molecular weight is 274 g/mol. The molecule has 19 heavy (non-hydrogen) atoms. The van der Waals surface area contributed by atoms with Gasteiger partial charge in [0.15, 0.2) is 0 Å². The van der Waals surface area contributed by atoms with Gasteiger partial charge in [-0.15, -0.1) is 0 Å². The van der Waals surface area contributed by atoms with Gasteiger partial charge < -0.3 is 11.1 Å². The van der Waals surface area contributed by atoms with E-state index in [9.17, 15) is 4.79 Å². The van der Waals surface area contributed by atoms with E-state index in [0.717, 1.165) is 12.8 Å².